The molecule has 0 spiro atoms. The Morgan fingerprint density at radius 2 is 1.82 bits per heavy atom. The molecule has 2 nitrogen and oxygen atoms in total. The molecule has 17 heavy (non-hydrogen) atoms. The van der Waals surface area contributed by atoms with Crippen molar-refractivity contribution in [1.29, 1.82) is 0 Å². The molecule has 2 aromatic rings. The highest BCUT2D eigenvalue weighted by atomic mass is 79.9. The average molecular weight is 313 g/mol. The zero-order chi connectivity index (χ0) is 12.3. The van der Waals surface area contributed by atoms with E-state index in [2.05, 4.69) is 15.9 Å². The quantitative estimate of drug-likeness (QED) is 0.859. The van der Waals surface area contributed by atoms with Gasteiger partial charge in [0.1, 0.15) is 6.61 Å². The van der Waals surface area contributed by atoms with Crippen LogP contribution in [-0.4, -0.2) is 0 Å². The maximum Gasteiger partial charge on any atom is 0.156 e. The zero-order valence-electron chi connectivity index (χ0n) is 8.99. The van der Waals surface area contributed by atoms with Crippen molar-refractivity contribution >= 4 is 33.2 Å². The number of anilines is 1. The summed E-state index contributed by atoms with van der Waals surface area (Å²) >= 11 is 9.22. The third-order valence-corrected chi connectivity index (χ3v) is 3.17. The van der Waals surface area contributed by atoms with Crippen LogP contribution in [0.25, 0.3) is 0 Å². The smallest absolute Gasteiger partial charge is 0.156 e. The number of nitrogen functional groups attached to an aromatic ring is 1. The molecule has 0 unspecified atom stereocenters. The van der Waals surface area contributed by atoms with Crippen LogP contribution in [0, 0.1) is 0 Å². The highest BCUT2D eigenvalue weighted by Gasteiger charge is 2.05. The Balaban J connectivity index is 2.10. The van der Waals surface area contributed by atoms with Gasteiger partial charge >= 0.3 is 0 Å². The molecule has 0 amide bonds. The van der Waals surface area contributed by atoms with E-state index >= 15 is 0 Å². The molecule has 0 radical (unpaired) electrons. The number of benzene rings is 2. The fraction of sp³-hybridized carbons (Fsp3) is 0.0769. The second-order valence-electron chi connectivity index (χ2n) is 3.57. The van der Waals surface area contributed by atoms with Crippen LogP contribution in [0.1, 0.15) is 5.56 Å². The van der Waals surface area contributed by atoms with Crippen LogP contribution in [0.3, 0.4) is 0 Å². The minimum atomic E-state index is 0.462. The second-order valence-corrected chi connectivity index (χ2v) is 4.86. The third-order valence-electron chi connectivity index (χ3n) is 2.29. The molecule has 0 bridgehead atoms. The summed E-state index contributed by atoms with van der Waals surface area (Å²) in [7, 11) is 0. The summed E-state index contributed by atoms with van der Waals surface area (Å²) in [6, 6.07) is 13.1. The molecule has 0 heterocycles. The molecule has 0 aromatic heterocycles. The first kappa shape index (κ1) is 12.3. The van der Waals surface area contributed by atoms with E-state index in [9.17, 15) is 0 Å². The summed E-state index contributed by atoms with van der Waals surface area (Å²) < 4.78 is 6.53. The van der Waals surface area contributed by atoms with Gasteiger partial charge < -0.3 is 10.5 Å². The first-order chi connectivity index (χ1) is 8.16. The van der Waals surface area contributed by atoms with Gasteiger partial charge in [-0.05, 0) is 45.8 Å². The molecular formula is C13H11BrClNO. The van der Waals surface area contributed by atoms with Crippen LogP contribution >= 0.6 is 27.5 Å². The molecule has 0 atom stereocenters. The van der Waals surface area contributed by atoms with Gasteiger partial charge in [0.2, 0.25) is 0 Å². The second kappa shape index (κ2) is 5.43. The molecule has 0 saturated heterocycles. The number of para-hydroxylation sites is 1. The Bertz CT molecular complexity index is 493. The molecule has 2 rings (SSSR count). The van der Waals surface area contributed by atoms with E-state index < -0.39 is 0 Å². The van der Waals surface area contributed by atoms with Crippen molar-refractivity contribution in [1.82, 2.24) is 0 Å². The van der Waals surface area contributed by atoms with Gasteiger partial charge in [0, 0.05) is 5.02 Å². The highest BCUT2D eigenvalue weighted by Crippen LogP contribution is 2.31. The van der Waals surface area contributed by atoms with Crippen molar-refractivity contribution < 1.29 is 4.74 Å². The predicted molar refractivity (Wildman–Crippen MR) is 74.3 cm³/mol. The third kappa shape index (κ3) is 3.14. The zero-order valence-corrected chi connectivity index (χ0v) is 11.3. The minimum absolute atomic E-state index is 0.462. The Labute approximate surface area is 113 Å². The van der Waals surface area contributed by atoms with Crippen LogP contribution in [-0.2, 0) is 6.61 Å². The van der Waals surface area contributed by atoms with Crippen molar-refractivity contribution in [2.45, 2.75) is 6.61 Å². The first-order valence-corrected chi connectivity index (χ1v) is 6.25. The predicted octanol–water partition coefficient (Wildman–Crippen LogP) is 4.26. The van der Waals surface area contributed by atoms with E-state index in [0.29, 0.717) is 23.1 Å². The number of hydrogen-bond acceptors (Lipinski definition) is 2. The fourth-order valence-corrected chi connectivity index (χ4v) is 2.04. The molecule has 2 aromatic carbocycles. The largest absolute Gasteiger partial charge is 0.486 e. The van der Waals surface area contributed by atoms with Gasteiger partial charge in [0.05, 0.1) is 10.2 Å². The number of ether oxygens (including phenoxy) is 1. The fourth-order valence-electron chi connectivity index (χ4n) is 1.41. The van der Waals surface area contributed by atoms with Crippen LogP contribution in [0.4, 0.5) is 5.69 Å². The van der Waals surface area contributed by atoms with Gasteiger partial charge in [-0.2, -0.15) is 0 Å². The van der Waals surface area contributed by atoms with E-state index in [1.165, 1.54) is 0 Å². The Morgan fingerprint density at radius 1 is 1.12 bits per heavy atom. The van der Waals surface area contributed by atoms with Crippen molar-refractivity contribution in [3.05, 3.63) is 57.5 Å². The van der Waals surface area contributed by atoms with E-state index in [1.807, 2.05) is 42.5 Å². The van der Waals surface area contributed by atoms with E-state index in [1.54, 1.807) is 0 Å². The van der Waals surface area contributed by atoms with Crippen molar-refractivity contribution in [3.8, 4) is 5.75 Å². The molecule has 0 fully saturated rings. The summed E-state index contributed by atoms with van der Waals surface area (Å²) in [6.45, 7) is 0.462. The first-order valence-electron chi connectivity index (χ1n) is 5.08. The van der Waals surface area contributed by atoms with Gasteiger partial charge in [-0.3, -0.25) is 0 Å². The molecule has 88 valence electrons. The lowest BCUT2D eigenvalue weighted by Gasteiger charge is -2.10. The lowest BCUT2D eigenvalue weighted by atomic mass is 10.2. The van der Waals surface area contributed by atoms with Gasteiger partial charge in [-0.1, -0.05) is 29.8 Å². The molecule has 4 heteroatoms. The topological polar surface area (TPSA) is 35.2 Å². The molecule has 0 aliphatic heterocycles. The molecule has 0 saturated carbocycles. The van der Waals surface area contributed by atoms with Crippen LogP contribution < -0.4 is 10.5 Å². The summed E-state index contributed by atoms with van der Waals surface area (Å²) in [5.74, 6) is 0.669. The average Bonchev–Trinajstić information content (AvgIpc) is 2.31. The minimum Gasteiger partial charge on any atom is -0.486 e. The Morgan fingerprint density at radius 3 is 2.47 bits per heavy atom. The van der Waals surface area contributed by atoms with Crippen molar-refractivity contribution in [3.63, 3.8) is 0 Å². The molecule has 0 aliphatic carbocycles. The molecule has 2 N–H and O–H groups in total. The van der Waals surface area contributed by atoms with Gasteiger partial charge in [0.25, 0.3) is 0 Å². The van der Waals surface area contributed by atoms with Crippen LogP contribution in [0.5, 0.6) is 5.75 Å². The number of halogens is 2. The maximum atomic E-state index is 5.83. The summed E-state index contributed by atoms with van der Waals surface area (Å²) in [5, 5.41) is 0.717. The number of hydrogen-bond donors (Lipinski definition) is 1. The van der Waals surface area contributed by atoms with Crippen LogP contribution in [0.2, 0.25) is 5.02 Å². The molecular weight excluding hydrogens is 302 g/mol. The monoisotopic (exact) mass is 311 g/mol. The highest BCUT2D eigenvalue weighted by molar-refractivity contribution is 9.10. The summed E-state index contributed by atoms with van der Waals surface area (Å²) in [6.07, 6.45) is 0. The summed E-state index contributed by atoms with van der Waals surface area (Å²) in [4.78, 5) is 0. The SMILES string of the molecule is Nc1cccc(Br)c1OCc1ccc(Cl)cc1. The van der Waals surface area contributed by atoms with Gasteiger partial charge in [0.15, 0.2) is 5.75 Å². The van der Waals surface area contributed by atoms with Gasteiger partial charge in [-0.25, -0.2) is 0 Å². The lowest BCUT2D eigenvalue weighted by Crippen LogP contribution is -1.99. The van der Waals surface area contributed by atoms with Gasteiger partial charge in [-0.15, -0.1) is 0 Å². The number of nitrogens with two attached hydrogens (primary N) is 1. The standard InChI is InChI=1S/C13H11BrClNO/c14-11-2-1-3-12(16)13(11)17-8-9-4-6-10(15)7-5-9/h1-7H,8,16H2. The normalized spacial score (nSPS) is 10.2. The number of rotatable bonds is 3. The van der Waals surface area contributed by atoms with Crippen molar-refractivity contribution in [2.75, 3.05) is 5.73 Å². The Kier molecular flexibility index (Phi) is 3.92. The Hall–Kier alpha value is -1.19. The van der Waals surface area contributed by atoms with Crippen molar-refractivity contribution in [2.24, 2.45) is 0 Å². The molecule has 0 aliphatic rings. The maximum absolute atomic E-state index is 5.83. The van der Waals surface area contributed by atoms with E-state index in [-0.39, 0.29) is 0 Å². The summed E-state index contributed by atoms with van der Waals surface area (Å²) in [5.41, 5.74) is 7.50. The lowest BCUT2D eigenvalue weighted by molar-refractivity contribution is 0.306. The van der Waals surface area contributed by atoms with E-state index in [0.717, 1.165) is 10.0 Å². The van der Waals surface area contributed by atoms with Crippen LogP contribution in [0.15, 0.2) is 46.9 Å². The van der Waals surface area contributed by atoms with E-state index in [4.69, 9.17) is 22.1 Å².